The summed E-state index contributed by atoms with van der Waals surface area (Å²) < 4.78 is 5.82. The third-order valence-corrected chi connectivity index (χ3v) is 8.05. The van der Waals surface area contributed by atoms with Gasteiger partial charge < -0.3 is 4.74 Å². The number of benzene rings is 2. The van der Waals surface area contributed by atoms with Crippen LogP contribution in [0.4, 0.5) is 0 Å². The lowest BCUT2D eigenvalue weighted by Gasteiger charge is -2.39. The molecular formula is C25H26N2O4. The van der Waals surface area contributed by atoms with E-state index in [0.29, 0.717) is 12.8 Å². The molecule has 2 aromatic rings. The standard InChI is InChI=1S/C25H26N2O4/c1-23(2)24(3)14-15-25(23,31-22(24)30)21(29)27-19(17-12-8-5-9-13-17)18(20(28)26-27)16-10-6-4-7-11-16/h4-13,18-19H,14-15H2,1-3H3,(H,26,28)/t18-,19-,24?,25?/m0/s1. The van der Waals surface area contributed by atoms with Gasteiger partial charge in [0, 0.05) is 5.41 Å². The Balaban J connectivity index is 1.61. The lowest BCUT2D eigenvalue weighted by atomic mass is 9.66. The molecule has 2 amide bonds. The van der Waals surface area contributed by atoms with Crippen LogP contribution < -0.4 is 5.43 Å². The van der Waals surface area contributed by atoms with Gasteiger partial charge in [-0.1, -0.05) is 74.5 Å². The van der Waals surface area contributed by atoms with E-state index >= 15 is 0 Å². The van der Waals surface area contributed by atoms with Gasteiger partial charge in [-0.25, -0.2) is 5.01 Å². The molecule has 160 valence electrons. The van der Waals surface area contributed by atoms with Gasteiger partial charge in [-0.15, -0.1) is 0 Å². The number of amides is 2. The molecular weight excluding hydrogens is 392 g/mol. The first-order valence-corrected chi connectivity index (χ1v) is 10.7. The SMILES string of the molecule is CC12CCC(C(=O)N3NC(=O)[C@@H](c4ccccc4)[C@@H]3c3ccccc3)(OC1=O)C2(C)C. The van der Waals surface area contributed by atoms with Crippen LogP contribution in [0, 0.1) is 10.8 Å². The highest BCUT2D eigenvalue weighted by molar-refractivity contribution is 5.99. The van der Waals surface area contributed by atoms with Gasteiger partial charge in [-0.05, 0) is 30.9 Å². The number of hydrogen-bond donors (Lipinski definition) is 1. The van der Waals surface area contributed by atoms with Crippen LogP contribution in [-0.2, 0) is 19.1 Å². The molecule has 3 aliphatic rings. The van der Waals surface area contributed by atoms with Crippen LogP contribution in [0.2, 0.25) is 0 Å². The molecule has 0 radical (unpaired) electrons. The van der Waals surface area contributed by atoms with Crippen molar-refractivity contribution < 1.29 is 19.1 Å². The monoisotopic (exact) mass is 418 g/mol. The van der Waals surface area contributed by atoms with Crippen LogP contribution in [0.15, 0.2) is 60.7 Å². The van der Waals surface area contributed by atoms with Crippen LogP contribution >= 0.6 is 0 Å². The molecule has 0 spiro atoms. The molecule has 2 aliphatic heterocycles. The molecule has 5 rings (SSSR count). The summed E-state index contributed by atoms with van der Waals surface area (Å²) in [4.78, 5) is 40.0. The first-order valence-electron chi connectivity index (χ1n) is 10.7. The molecule has 6 nitrogen and oxygen atoms in total. The first kappa shape index (κ1) is 19.8. The number of nitrogens with one attached hydrogen (secondary N) is 1. The summed E-state index contributed by atoms with van der Waals surface area (Å²) in [7, 11) is 0. The number of hydrogen-bond acceptors (Lipinski definition) is 4. The van der Waals surface area contributed by atoms with E-state index < -0.39 is 28.4 Å². The van der Waals surface area contributed by atoms with Crippen LogP contribution in [0.3, 0.4) is 0 Å². The molecule has 2 heterocycles. The second kappa shape index (κ2) is 6.42. The molecule has 2 aromatic carbocycles. The van der Waals surface area contributed by atoms with E-state index in [0.717, 1.165) is 11.1 Å². The van der Waals surface area contributed by atoms with E-state index in [1.807, 2.05) is 81.4 Å². The van der Waals surface area contributed by atoms with Gasteiger partial charge in [0.1, 0.15) is 0 Å². The van der Waals surface area contributed by atoms with Gasteiger partial charge in [0.25, 0.3) is 5.91 Å². The number of nitrogens with zero attached hydrogens (tertiary/aromatic N) is 1. The summed E-state index contributed by atoms with van der Waals surface area (Å²) in [5.41, 5.74) is 1.82. The number of carbonyl (C=O) groups is 3. The maximum absolute atomic E-state index is 14.1. The molecule has 0 aromatic heterocycles. The Labute approximate surface area is 181 Å². The summed E-state index contributed by atoms with van der Waals surface area (Å²) >= 11 is 0. The molecule has 1 N–H and O–H groups in total. The highest BCUT2D eigenvalue weighted by atomic mass is 16.6. The Morgan fingerprint density at radius 1 is 0.935 bits per heavy atom. The second-order valence-electron chi connectivity index (χ2n) is 9.57. The molecule has 2 unspecified atom stereocenters. The van der Waals surface area contributed by atoms with Crippen molar-refractivity contribution in [2.75, 3.05) is 0 Å². The predicted molar refractivity (Wildman–Crippen MR) is 113 cm³/mol. The van der Waals surface area contributed by atoms with Crippen molar-refractivity contribution in [3.05, 3.63) is 71.8 Å². The average Bonchev–Trinajstić information content (AvgIpc) is 3.27. The number of esters is 1. The van der Waals surface area contributed by atoms with Gasteiger partial charge >= 0.3 is 5.97 Å². The van der Waals surface area contributed by atoms with Gasteiger partial charge in [-0.2, -0.15) is 0 Å². The molecule has 1 aliphatic carbocycles. The maximum atomic E-state index is 14.1. The largest absolute Gasteiger partial charge is 0.448 e. The van der Waals surface area contributed by atoms with Crippen LogP contribution in [0.25, 0.3) is 0 Å². The minimum atomic E-state index is -1.29. The fraction of sp³-hybridized carbons (Fsp3) is 0.400. The van der Waals surface area contributed by atoms with Crippen molar-refractivity contribution in [1.82, 2.24) is 10.4 Å². The van der Waals surface area contributed by atoms with Crippen molar-refractivity contribution in [3.63, 3.8) is 0 Å². The van der Waals surface area contributed by atoms with Gasteiger partial charge in [0.15, 0.2) is 5.60 Å². The topological polar surface area (TPSA) is 75.7 Å². The average molecular weight is 418 g/mol. The number of fused-ring (bicyclic) bond motifs is 2. The van der Waals surface area contributed by atoms with Crippen molar-refractivity contribution in [2.45, 2.75) is 51.2 Å². The molecule has 3 fully saturated rings. The first-order chi connectivity index (χ1) is 14.7. The second-order valence-corrected chi connectivity index (χ2v) is 9.57. The third-order valence-electron chi connectivity index (χ3n) is 8.05. The van der Waals surface area contributed by atoms with Crippen molar-refractivity contribution >= 4 is 17.8 Å². The van der Waals surface area contributed by atoms with Crippen LogP contribution in [-0.4, -0.2) is 28.4 Å². The van der Waals surface area contributed by atoms with E-state index in [-0.39, 0.29) is 17.8 Å². The van der Waals surface area contributed by atoms with Crippen LogP contribution in [0.1, 0.15) is 56.7 Å². The van der Waals surface area contributed by atoms with Gasteiger partial charge in [0.05, 0.1) is 17.4 Å². The number of ether oxygens (including phenoxy) is 1. The van der Waals surface area contributed by atoms with E-state index in [2.05, 4.69) is 5.43 Å². The molecule has 6 heteroatoms. The van der Waals surface area contributed by atoms with E-state index in [1.165, 1.54) is 5.01 Å². The molecule has 2 saturated heterocycles. The van der Waals surface area contributed by atoms with E-state index in [9.17, 15) is 14.4 Å². The maximum Gasteiger partial charge on any atom is 0.313 e. The summed E-state index contributed by atoms with van der Waals surface area (Å²) in [6.45, 7) is 5.72. The fourth-order valence-corrected chi connectivity index (χ4v) is 5.63. The smallest absolute Gasteiger partial charge is 0.313 e. The van der Waals surface area contributed by atoms with Crippen LogP contribution in [0.5, 0.6) is 0 Å². The van der Waals surface area contributed by atoms with Crippen molar-refractivity contribution in [1.29, 1.82) is 0 Å². The minimum Gasteiger partial charge on any atom is -0.448 e. The minimum absolute atomic E-state index is 0.243. The van der Waals surface area contributed by atoms with Gasteiger partial charge in [0.2, 0.25) is 5.91 Å². The van der Waals surface area contributed by atoms with Gasteiger partial charge in [-0.3, -0.25) is 19.8 Å². The van der Waals surface area contributed by atoms with Crippen molar-refractivity contribution in [2.24, 2.45) is 10.8 Å². The lowest BCUT2D eigenvalue weighted by molar-refractivity contribution is -0.176. The Bertz CT molecular complexity index is 1070. The van der Waals surface area contributed by atoms with E-state index in [4.69, 9.17) is 4.74 Å². The zero-order chi connectivity index (χ0) is 22.0. The molecule has 1 saturated carbocycles. The molecule has 4 atom stereocenters. The third kappa shape index (κ3) is 2.42. The fourth-order valence-electron chi connectivity index (χ4n) is 5.63. The number of rotatable bonds is 3. The van der Waals surface area contributed by atoms with E-state index in [1.54, 1.807) is 0 Å². The Morgan fingerprint density at radius 3 is 2.03 bits per heavy atom. The summed E-state index contributed by atoms with van der Waals surface area (Å²) in [5.74, 6) is -1.49. The van der Waals surface area contributed by atoms with Crippen molar-refractivity contribution in [3.8, 4) is 0 Å². The zero-order valence-corrected chi connectivity index (χ0v) is 17.9. The highest BCUT2D eigenvalue weighted by Crippen LogP contribution is 2.66. The Morgan fingerprint density at radius 2 is 1.52 bits per heavy atom. The normalized spacial score (nSPS) is 33.3. The quantitative estimate of drug-likeness (QED) is 0.774. The number of hydrazine groups is 1. The Hall–Kier alpha value is -3.15. The number of carbonyl (C=O) groups excluding carboxylic acids is 3. The summed E-state index contributed by atoms with van der Waals surface area (Å²) in [6.07, 6.45) is 1.04. The molecule has 31 heavy (non-hydrogen) atoms. The zero-order valence-electron chi connectivity index (χ0n) is 17.9. The summed E-state index contributed by atoms with van der Waals surface area (Å²) in [6, 6.07) is 18.5. The molecule has 2 bridgehead atoms. The Kier molecular flexibility index (Phi) is 4.10. The highest BCUT2D eigenvalue weighted by Gasteiger charge is 2.77. The summed E-state index contributed by atoms with van der Waals surface area (Å²) in [5, 5.41) is 1.42. The lowest BCUT2D eigenvalue weighted by Crippen LogP contribution is -2.57. The predicted octanol–water partition coefficient (Wildman–Crippen LogP) is 3.51.